The first kappa shape index (κ1) is 33.6. The van der Waals surface area contributed by atoms with Crippen LogP contribution in [0.25, 0.3) is 66.3 Å². The third-order valence-corrected chi connectivity index (χ3v) is 11.1. The molecule has 8 aromatic rings. The molecule has 0 spiro atoms. The van der Waals surface area contributed by atoms with E-state index in [4.69, 9.17) is 10.3 Å². The number of para-hydroxylation sites is 2. The molecule has 0 saturated carbocycles. The van der Waals surface area contributed by atoms with Crippen molar-refractivity contribution in [2.45, 2.75) is 19.4 Å². The predicted octanol–water partition coefficient (Wildman–Crippen LogP) is 14.0. The first-order valence-corrected chi connectivity index (χ1v) is 19.5. The number of amidine groups is 1. The summed E-state index contributed by atoms with van der Waals surface area (Å²) in [7, 11) is 0. The van der Waals surface area contributed by atoms with Crippen molar-refractivity contribution in [3.63, 3.8) is 0 Å². The van der Waals surface area contributed by atoms with E-state index in [1.807, 2.05) is 12.1 Å². The molecule has 0 bridgehead atoms. The maximum absolute atomic E-state index is 5.15. The van der Waals surface area contributed by atoms with E-state index in [0.29, 0.717) is 5.92 Å². The third kappa shape index (κ3) is 6.37. The standard InChI is InChI=1S/C53H40N3/c1-36-20-22-37(23-21-36)43-32-44(34-45(33-43)39-28-30-46(31-29-39)56-51-18-10-8-16-47(51)48-17-9-11-19-52(48)56)38-24-26-42(27-25-38)53-54-49(40-12-4-2-5-13-40)35-50(55-53)41-14-6-3-7-15-41/h2-20,22-36,49H,21H2,1H3/q-1. The van der Waals surface area contributed by atoms with E-state index >= 15 is 0 Å². The minimum Gasteiger partial charge on any atom is -0.454 e. The maximum atomic E-state index is 5.15. The summed E-state index contributed by atoms with van der Waals surface area (Å²) >= 11 is 0. The van der Waals surface area contributed by atoms with Crippen molar-refractivity contribution >= 4 is 38.9 Å². The van der Waals surface area contributed by atoms with E-state index in [2.05, 4.69) is 200 Å². The molecule has 1 aliphatic heterocycles. The van der Waals surface area contributed by atoms with Crippen LogP contribution in [0.2, 0.25) is 0 Å². The lowest BCUT2D eigenvalue weighted by molar-refractivity contribution is 0.739. The normalized spacial score (nSPS) is 16.6. The first-order valence-electron chi connectivity index (χ1n) is 19.5. The van der Waals surface area contributed by atoms with E-state index in [1.165, 1.54) is 49.6 Å². The highest BCUT2D eigenvalue weighted by atomic mass is 15.0. The van der Waals surface area contributed by atoms with Gasteiger partial charge < -0.3 is 14.9 Å². The second-order valence-corrected chi connectivity index (χ2v) is 14.9. The molecule has 0 radical (unpaired) electrons. The largest absolute Gasteiger partial charge is 0.454 e. The number of hydrogen-bond donors (Lipinski definition) is 0. The summed E-state index contributed by atoms with van der Waals surface area (Å²) < 4.78 is 2.38. The number of rotatable bonds is 7. The lowest BCUT2D eigenvalue weighted by atomic mass is 9.89. The average molecular weight is 719 g/mol. The molecule has 0 saturated heterocycles. The van der Waals surface area contributed by atoms with Gasteiger partial charge in [0.25, 0.3) is 0 Å². The summed E-state index contributed by atoms with van der Waals surface area (Å²) in [6, 6.07) is 62.9. The molecule has 56 heavy (non-hydrogen) atoms. The van der Waals surface area contributed by atoms with Crippen molar-refractivity contribution in [3.8, 4) is 27.9 Å². The van der Waals surface area contributed by atoms with Crippen molar-refractivity contribution in [1.82, 2.24) is 4.57 Å². The highest BCUT2D eigenvalue weighted by Crippen LogP contribution is 2.38. The minimum atomic E-state index is -0.112. The van der Waals surface area contributed by atoms with Gasteiger partial charge in [-0.3, -0.25) is 0 Å². The molecule has 0 amide bonds. The van der Waals surface area contributed by atoms with Gasteiger partial charge in [0.2, 0.25) is 0 Å². The summed E-state index contributed by atoms with van der Waals surface area (Å²) in [5.41, 5.74) is 15.0. The Morgan fingerprint density at radius 1 is 0.536 bits per heavy atom. The van der Waals surface area contributed by atoms with E-state index in [-0.39, 0.29) is 6.04 Å². The minimum absolute atomic E-state index is 0.112. The first-order chi connectivity index (χ1) is 27.6. The highest BCUT2D eigenvalue weighted by Gasteiger charge is 2.15. The Hall–Kier alpha value is -6.97. The smallest absolute Gasteiger partial charge is 0.0541 e. The topological polar surface area (TPSA) is 31.4 Å². The number of nitrogens with zero attached hydrogens (tertiary/aromatic N) is 3. The lowest BCUT2D eigenvalue weighted by Gasteiger charge is -2.33. The Morgan fingerprint density at radius 3 is 1.71 bits per heavy atom. The molecule has 2 aliphatic rings. The van der Waals surface area contributed by atoms with Gasteiger partial charge in [0.15, 0.2) is 0 Å². The summed E-state index contributed by atoms with van der Waals surface area (Å²) in [6.45, 7) is 2.27. The number of fused-ring (bicyclic) bond motifs is 3. The summed E-state index contributed by atoms with van der Waals surface area (Å²) in [4.78, 5) is 5.09. The fourth-order valence-corrected chi connectivity index (χ4v) is 8.11. The number of benzene rings is 7. The molecular formula is C53H40N3-. The van der Waals surface area contributed by atoms with Crippen LogP contribution in [0, 0.1) is 5.92 Å². The van der Waals surface area contributed by atoms with Gasteiger partial charge in [0.05, 0.1) is 11.0 Å². The molecule has 1 aliphatic carbocycles. The van der Waals surface area contributed by atoms with Gasteiger partial charge in [-0.2, -0.15) is 0 Å². The lowest BCUT2D eigenvalue weighted by Crippen LogP contribution is -2.10. The molecule has 10 rings (SSSR count). The van der Waals surface area contributed by atoms with Crippen molar-refractivity contribution in [2.24, 2.45) is 10.9 Å². The van der Waals surface area contributed by atoms with E-state index in [1.54, 1.807) is 0 Å². The van der Waals surface area contributed by atoms with Crippen molar-refractivity contribution in [3.05, 3.63) is 228 Å². The van der Waals surface area contributed by atoms with Crippen molar-refractivity contribution in [2.75, 3.05) is 0 Å². The molecule has 2 unspecified atom stereocenters. The molecule has 3 heteroatoms. The van der Waals surface area contributed by atoms with Crippen LogP contribution in [0.4, 0.5) is 0 Å². The zero-order chi connectivity index (χ0) is 37.4. The molecule has 2 heterocycles. The van der Waals surface area contributed by atoms with Crippen LogP contribution < -0.4 is 0 Å². The Labute approximate surface area is 328 Å². The van der Waals surface area contributed by atoms with Crippen LogP contribution >= 0.6 is 0 Å². The van der Waals surface area contributed by atoms with E-state index in [0.717, 1.165) is 45.9 Å². The molecule has 0 N–H and O–H groups in total. The van der Waals surface area contributed by atoms with Crippen molar-refractivity contribution < 1.29 is 0 Å². The molecule has 3 nitrogen and oxygen atoms in total. The van der Waals surface area contributed by atoms with Crippen LogP contribution in [-0.4, -0.2) is 10.4 Å². The highest BCUT2D eigenvalue weighted by molar-refractivity contribution is 6.12. The van der Waals surface area contributed by atoms with Crippen LogP contribution in [0.3, 0.4) is 0 Å². The Bertz CT molecular complexity index is 2780. The zero-order valence-corrected chi connectivity index (χ0v) is 31.3. The Balaban J connectivity index is 1.01. The average Bonchev–Trinajstić information content (AvgIpc) is 3.61. The van der Waals surface area contributed by atoms with Gasteiger partial charge in [-0.05, 0) is 111 Å². The fraction of sp³-hybridized carbons (Fsp3) is 0.0755. The maximum Gasteiger partial charge on any atom is 0.0541 e. The second kappa shape index (κ2) is 14.4. The van der Waals surface area contributed by atoms with Crippen LogP contribution in [0.15, 0.2) is 205 Å². The molecule has 0 fully saturated rings. The summed E-state index contributed by atoms with van der Waals surface area (Å²) in [5.74, 6) is 1.30. The molecule has 2 atom stereocenters. The van der Waals surface area contributed by atoms with Gasteiger partial charge in [0.1, 0.15) is 0 Å². The van der Waals surface area contributed by atoms with Gasteiger partial charge in [-0.25, -0.2) is 0 Å². The van der Waals surface area contributed by atoms with Crippen LogP contribution in [0.1, 0.15) is 41.6 Å². The SMILES string of the molecule is CC1C=CC(c2cc(-c3ccc(C4=NC(c5ccccc5)=CC(c5ccccc5)[N-]4)cc3)cc(-c3ccc(-n4c5ccccc5c5ccccc54)cc3)c2)=CC1. The zero-order valence-electron chi connectivity index (χ0n) is 31.3. The summed E-state index contributed by atoms with van der Waals surface area (Å²) in [5, 5.41) is 7.69. The Kier molecular flexibility index (Phi) is 8.61. The second-order valence-electron chi connectivity index (χ2n) is 14.9. The molecule has 1 aromatic heterocycles. The predicted molar refractivity (Wildman–Crippen MR) is 236 cm³/mol. The molecule has 268 valence electrons. The molecular weight excluding hydrogens is 679 g/mol. The van der Waals surface area contributed by atoms with E-state index < -0.39 is 0 Å². The third-order valence-electron chi connectivity index (χ3n) is 11.1. The van der Waals surface area contributed by atoms with Crippen LogP contribution in [-0.2, 0) is 0 Å². The van der Waals surface area contributed by atoms with Gasteiger partial charge in [0, 0.05) is 22.5 Å². The monoisotopic (exact) mass is 718 g/mol. The summed E-state index contributed by atoms with van der Waals surface area (Å²) in [6.07, 6.45) is 10.2. The fourth-order valence-electron chi connectivity index (χ4n) is 8.11. The van der Waals surface area contributed by atoms with Gasteiger partial charge in [-0.1, -0.05) is 171 Å². The Morgan fingerprint density at radius 2 is 1.09 bits per heavy atom. The van der Waals surface area contributed by atoms with Gasteiger partial charge >= 0.3 is 0 Å². The molecule has 7 aromatic carbocycles. The van der Waals surface area contributed by atoms with Crippen molar-refractivity contribution in [1.29, 1.82) is 0 Å². The van der Waals surface area contributed by atoms with E-state index in [9.17, 15) is 0 Å². The van der Waals surface area contributed by atoms with Crippen LogP contribution in [0.5, 0.6) is 0 Å². The quantitative estimate of drug-likeness (QED) is 0.157. The number of aliphatic imine (C=N–C) groups is 1. The number of hydrogen-bond acceptors (Lipinski definition) is 1. The van der Waals surface area contributed by atoms with Gasteiger partial charge in [-0.15, -0.1) is 0 Å². The number of allylic oxidation sites excluding steroid dienone is 4. The number of aromatic nitrogens is 1.